The Labute approximate surface area is 112 Å². The van der Waals surface area contributed by atoms with Gasteiger partial charge in [0.05, 0.1) is 4.92 Å². The second kappa shape index (κ2) is 4.80. The number of hydrogen-bond donors (Lipinski definition) is 1. The Morgan fingerprint density at radius 1 is 1.22 bits per heavy atom. The van der Waals surface area contributed by atoms with Crippen molar-refractivity contribution in [3.63, 3.8) is 0 Å². The van der Waals surface area contributed by atoms with Gasteiger partial charge in [-0.3, -0.25) is 10.1 Å². The molecular weight excluding hydrogens is 277 g/mol. The lowest BCUT2D eigenvalue weighted by Gasteiger charge is -2.07. The molecule has 0 aliphatic heterocycles. The lowest BCUT2D eigenvalue weighted by atomic mass is 10.1. The fourth-order valence-corrected chi connectivity index (χ4v) is 1.88. The normalized spacial score (nSPS) is 10.3. The lowest BCUT2D eigenvalue weighted by Crippen LogP contribution is -1.97. The average Bonchev–Trinajstić information content (AvgIpc) is 2.33. The number of nitrogens with zero attached hydrogens (tertiary/aromatic N) is 2. The van der Waals surface area contributed by atoms with Crippen LogP contribution in [0.15, 0.2) is 30.5 Å². The van der Waals surface area contributed by atoms with E-state index in [0.717, 1.165) is 6.20 Å². The summed E-state index contributed by atoms with van der Waals surface area (Å²) in [7, 11) is 0. The van der Waals surface area contributed by atoms with Crippen LogP contribution in [0.25, 0.3) is 11.1 Å². The van der Waals surface area contributed by atoms with E-state index in [-0.39, 0.29) is 11.5 Å². The van der Waals surface area contributed by atoms with Crippen molar-refractivity contribution >= 4 is 34.7 Å². The van der Waals surface area contributed by atoms with Crippen LogP contribution in [-0.2, 0) is 0 Å². The van der Waals surface area contributed by atoms with Gasteiger partial charge in [-0.15, -0.1) is 0 Å². The summed E-state index contributed by atoms with van der Waals surface area (Å²) in [6.45, 7) is 0. The Balaban J connectivity index is 2.66. The van der Waals surface area contributed by atoms with E-state index in [9.17, 15) is 10.1 Å². The first-order valence-electron chi connectivity index (χ1n) is 4.84. The van der Waals surface area contributed by atoms with Crippen LogP contribution in [0.2, 0.25) is 10.0 Å². The van der Waals surface area contributed by atoms with Gasteiger partial charge in [-0.2, -0.15) is 0 Å². The minimum Gasteiger partial charge on any atom is -0.383 e. The van der Waals surface area contributed by atoms with Crippen molar-refractivity contribution in [2.75, 3.05) is 5.73 Å². The molecule has 0 saturated carbocycles. The summed E-state index contributed by atoms with van der Waals surface area (Å²) in [4.78, 5) is 13.9. The zero-order chi connectivity index (χ0) is 13.3. The van der Waals surface area contributed by atoms with E-state index in [1.54, 1.807) is 18.2 Å². The van der Waals surface area contributed by atoms with Gasteiger partial charge in [-0.1, -0.05) is 23.2 Å². The monoisotopic (exact) mass is 283 g/mol. The first-order valence-corrected chi connectivity index (χ1v) is 5.60. The van der Waals surface area contributed by atoms with Crippen molar-refractivity contribution in [2.24, 2.45) is 0 Å². The Morgan fingerprint density at radius 2 is 1.94 bits per heavy atom. The van der Waals surface area contributed by atoms with Gasteiger partial charge in [-0.05, 0) is 18.2 Å². The van der Waals surface area contributed by atoms with Crippen molar-refractivity contribution < 1.29 is 4.92 Å². The molecular formula is C11H7Cl2N3O2. The highest BCUT2D eigenvalue weighted by molar-refractivity contribution is 6.35. The highest BCUT2D eigenvalue weighted by atomic mass is 35.5. The quantitative estimate of drug-likeness (QED) is 0.675. The highest BCUT2D eigenvalue weighted by Crippen LogP contribution is 2.34. The van der Waals surface area contributed by atoms with Crippen molar-refractivity contribution in [1.29, 1.82) is 0 Å². The van der Waals surface area contributed by atoms with Crippen LogP contribution in [0.1, 0.15) is 0 Å². The van der Waals surface area contributed by atoms with Crippen molar-refractivity contribution in [3.8, 4) is 11.1 Å². The molecule has 0 radical (unpaired) electrons. The van der Waals surface area contributed by atoms with Crippen molar-refractivity contribution in [3.05, 3.63) is 50.6 Å². The number of rotatable bonds is 2. The Kier molecular flexibility index (Phi) is 3.36. The van der Waals surface area contributed by atoms with Gasteiger partial charge in [0.25, 0.3) is 5.69 Å². The van der Waals surface area contributed by atoms with Gasteiger partial charge in [0, 0.05) is 27.2 Å². The molecule has 0 unspecified atom stereocenters. The second-order valence-corrected chi connectivity index (χ2v) is 4.35. The Morgan fingerprint density at radius 3 is 2.61 bits per heavy atom. The summed E-state index contributed by atoms with van der Waals surface area (Å²) < 4.78 is 0. The van der Waals surface area contributed by atoms with Gasteiger partial charge >= 0.3 is 0 Å². The van der Waals surface area contributed by atoms with Crippen molar-refractivity contribution in [2.45, 2.75) is 0 Å². The Hall–Kier alpha value is -1.85. The third kappa shape index (κ3) is 2.37. The lowest BCUT2D eigenvalue weighted by molar-refractivity contribution is -0.385. The molecule has 2 aromatic rings. The molecule has 2 N–H and O–H groups in total. The van der Waals surface area contributed by atoms with E-state index in [4.69, 9.17) is 28.9 Å². The second-order valence-electron chi connectivity index (χ2n) is 3.51. The predicted octanol–water partition coefficient (Wildman–Crippen LogP) is 3.55. The predicted molar refractivity (Wildman–Crippen MR) is 70.8 cm³/mol. The summed E-state index contributed by atoms with van der Waals surface area (Å²) in [5.41, 5.74) is 6.45. The maximum atomic E-state index is 10.7. The summed E-state index contributed by atoms with van der Waals surface area (Å²) in [6.07, 6.45) is 1.09. The zero-order valence-electron chi connectivity index (χ0n) is 8.93. The van der Waals surface area contributed by atoms with Gasteiger partial charge in [0.15, 0.2) is 0 Å². The number of nitrogen functional groups attached to an aromatic ring is 1. The zero-order valence-corrected chi connectivity index (χ0v) is 10.4. The maximum Gasteiger partial charge on any atom is 0.288 e. The van der Waals surface area contributed by atoms with E-state index < -0.39 is 4.92 Å². The van der Waals surface area contributed by atoms with Crippen LogP contribution >= 0.6 is 23.2 Å². The molecule has 0 spiro atoms. The van der Waals surface area contributed by atoms with Crippen LogP contribution in [0.5, 0.6) is 0 Å². The van der Waals surface area contributed by atoms with Gasteiger partial charge < -0.3 is 5.73 Å². The highest BCUT2D eigenvalue weighted by Gasteiger charge is 2.14. The topological polar surface area (TPSA) is 82.0 Å². The van der Waals surface area contributed by atoms with Crippen LogP contribution < -0.4 is 5.73 Å². The molecule has 1 heterocycles. The smallest absolute Gasteiger partial charge is 0.288 e. The van der Waals surface area contributed by atoms with Crippen molar-refractivity contribution in [1.82, 2.24) is 4.98 Å². The third-order valence-electron chi connectivity index (χ3n) is 2.33. The first kappa shape index (κ1) is 12.6. The molecule has 5 nitrogen and oxygen atoms in total. The number of halogens is 2. The van der Waals surface area contributed by atoms with Gasteiger partial charge in [0.1, 0.15) is 12.0 Å². The van der Waals surface area contributed by atoms with Crippen LogP contribution in [0.4, 0.5) is 11.5 Å². The SMILES string of the molecule is Nc1ncc([N+](=O)[O-])cc1-c1cc(Cl)ccc1Cl. The van der Waals surface area contributed by atoms with Crippen LogP contribution in [-0.4, -0.2) is 9.91 Å². The number of anilines is 1. The van der Waals surface area contributed by atoms with E-state index in [1.807, 2.05) is 0 Å². The molecule has 0 fully saturated rings. The molecule has 2 rings (SSSR count). The molecule has 92 valence electrons. The largest absolute Gasteiger partial charge is 0.383 e. The van der Waals surface area contributed by atoms with Crippen LogP contribution in [0, 0.1) is 10.1 Å². The number of nitro groups is 1. The molecule has 1 aromatic heterocycles. The fraction of sp³-hybridized carbons (Fsp3) is 0. The molecule has 7 heteroatoms. The first-order chi connectivity index (χ1) is 8.49. The number of nitrogens with two attached hydrogens (primary N) is 1. The Bertz CT molecular complexity index is 632. The minimum absolute atomic E-state index is 0.157. The molecule has 0 aliphatic rings. The molecule has 18 heavy (non-hydrogen) atoms. The maximum absolute atomic E-state index is 10.7. The van der Waals surface area contributed by atoms with E-state index in [1.165, 1.54) is 6.07 Å². The van der Waals surface area contributed by atoms with Gasteiger partial charge in [-0.25, -0.2) is 4.98 Å². The summed E-state index contributed by atoms with van der Waals surface area (Å²) in [5, 5.41) is 11.6. The standard InChI is InChI=1S/C11H7Cl2N3O2/c12-6-1-2-10(13)8(3-6)9-4-7(16(17)18)5-15-11(9)14/h1-5H,(H2,14,15). The van der Waals surface area contributed by atoms with E-state index in [0.29, 0.717) is 21.2 Å². The van der Waals surface area contributed by atoms with Gasteiger partial charge in [0.2, 0.25) is 0 Å². The summed E-state index contributed by atoms with van der Waals surface area (Å²) >= 11 is 11.9. The molecule has 1 aromatic carbocycles. The molecule has 0 saturated heterocycles. The number of hydrogen-bond acceptors (Lipinski definition) is 4. The van der Waals surface area contributed by atoms with E-state index in [2.05, 4.69) is 4.98 Å². The average molecular weight is 284 g/mol. The third-order valence-corrected chi connectivity index (χ3v) is 2.90. The molecule has 0 atom stereocenters. The minimum atomic E-state index is -0.547. The summed E-state index contributed by atoms with van der Waals surface area (Å²) in [5.74, 6) is 0.157. The van der Waals surface area contributed by atoms with Crippen LogP contribution in [0.3, 0.4) is 0 Å². The van der Waals surface area contributed by atoms with E-state index >= 15 is 0 Å². The fourth-order valence-electron chi connectivity index (χ4n) is 1.48. The molecule has 0 aliphatic carbocycles. The summed E-state index contributed by atoms with van der Waals surface area (Å²) in [6, 6.07) is 6.12. The number of benzene rings is 1. The molecule has 0 amide bonds. The molecule has 0 bridgehead atoms. The number of pyridine rings is 1. The number of aromatic nitrogens is 1.